The molecule has 0 spiro atoms. The molecule has 1 amide bonds. The SMILES string of the molecule is CCOCc1c(C(=O)O[C@H](C)C(=O)NC(C)C)oc2ccccc12. The molecule has 0 bridgehead atoms. The summed E-state index contributed by atoms with van der Waals surface area (Å²) < 4.78 is 16.3. The lowest BCUT2D eigenvalue weighted by Gasteiger charge is -2.15. The Kier molecular flexibility index (Phi) is 5.98. The largest absolute Gasteiger partial charge is 0.449 e. The number of nitrogens with one attached hydrogen (secondary N) is 1. The van der Waals surface area contributed by atoms with Crippen LogP contribution in [0.1, 0.15) is 43.8 Å². The van der Waals surface area contributed by atoms with Gasteiger partial charge in [0.15, 0.2) is 6.10 Å². The van der Waals surface area contributed by atoms with Crippen LogP contribution in [-0.2, 0) is 20.9 Å². The van der Waals surface area contributed by atoms with E-state index in [2.05, 4.69) is 5.32 Å². The van der Waals surface area contributed by atoms with Crippen LogP contribution in [0, 0.1) is 0 Å². The molecular formula is C18H23NO5. The van der Waals surface area contributed by atoms with Gasteiger partial charge in [0.2, 0.25) is 5.76 Å². The van der Waals surface area contributed by atoms with Crippen LogP contribution in [-0.4, -0.2) is 30.6 Å². The Morgan fingerprint density at radius 2 is 1.92 bits per heavy atom. The fraction of sp³-hybridized carbons (Fsp3) is 0.444. The van der Waals surface area contributed by atoms with Crippen LogP contribution in [0.3, 0.4) is 0 Å². The van der Waals surface area contributed by atoms with Crippen LogP contribution >= 0.6 is 0 Å². The highest BCUT2D eigenvalue weighted by Crippen LogP contribution is 2.27. The molecule has 130 valence electrons. The summed E-state index contributed by atoms with van der Waals surface area (Å²) in [6.45, 7) is 7.84. The molecular weight excluding hydrogens is 310 g/mol. The number of carbonyl (C=O) groups excluding carboxylic acids is 2. The molecule has 2 rings (SSSR count). The fourth-order valence-corrected chi connectivity index (χ4v) is 2.28. The number of esters is 1. The number of rotatable bonds is 7. The monoisotopic (exact) mass is 333 g/mol. The van der Waals surface area contributed by atoms with Gasteiger partial charge in [-0.15, -0.1) is 0 Å². The van der Waals surface area contributed by atoms with Gasteiger partial charge in [-0.3, -0.25) is 4.79 Å². The zero-order valence-electron chi connectivity index (χ0n) is 14.4. The summed E-state index contributed by atoms with van der Waals surface area (Å²) in [4.78, 5) is 24.4. The smallest absolute Gasteiger partial charge is 0.375 e. The summed E-state index contributed by atoms with van der Waals surface area (Å²) in [6, 6.07) is 7.29. The van der Waals surface area contributed by atoms with E-state index in [1.807, 2.05) is 39.0 Å². The van der Waals surface area contributed by atoms with Crippen molar-refractivity contribution >= 4 is 22.8 Å². The second-order valence-electron chi connectivity index (χ2n) is 5.75. The number of hydrogen-bond donors (Lipinski definition) is 1. The molecule has 0 aliphatic rings. The van der Waals surface area contributed by atoms with Crippen LogP contribution in [0.25, 0.3) is 11.0 Å². The molecule has 0 aliphatic carbocycles. The van der Waals surface area contributed by atoms with Crippen molar-refractivity contribution in [3.63, 3.8) is 0 Å². The molecule has 0 fully saturated rings. The first-order valence-electron chi connectivity index (χ1n) is 8.03. The number of benzene rings is 1. The van der Waals surface area contributed by atoms with Gasteiger partial charge < -0.3 is 19.2 Å². The minimum Gasteiger partial charge on any atom is -0.449 e. The molecule has 1 aromatic carbocycles. The Labute approximate surface area is 141 Å². The molecule has 1 atom stereocenters. The maximum Gasteiger partial charge on any atom is 0.375 e. The van der Waals surface area contributed by atoms with Gasteiger partial charge in [-0.25, -0.2) is 4.79 Å². The maximum atomic E-state index is 12.4. The topological polar surface area (TPSA) is 77.8 Å². The van der Waals surface area contributed by atoms with Crippen LogP contribution < -0.4 is 5.32 Å². The average molecular weight is 333 g/mol. The molecule has 0 unspecified atom stereocenters. The van der Waals surface area contributed by atoms with Crippen LogP contribution in [0.4, 0.5) is 0 Å². The maximum absolute atomic E-state index is 12.4. The summed E-state index contributed by atoms with van der Waals surface area (Å²) in [5.74, 6) is -0.943. The quantitative estimate of drug-likeness (QED) is 0.788. The van der Waals surface area contributed by atoms with Gasteiger partial charge in [0.25, 0.3) is 5.91 Å². The Hall–Kier alpha value is -2.34. The molecule has 0 aliphatic heterocycles. The summed E-state index contributed by atoms with van der Waals surface area (Å²) in [5, 5.41) is 3.51. The highest BCUT2D eigenvalue weighted by atomic mass is 16.6. The third-order valence-corrected chi connectivity index (χ3v) is 3.42. The Morgan fingerprint density at radius 3 is 2.58 bits per heavy atom. The first-order chi connectivity index (χ1) is 11.4. The number of fused-ring (bicyclic) bond motifs is 1. The summed E-state index contributed by atoms with van der Waals surface area (Å²) in [7, 11) is 0. The van der Waals surface area contributed by atoms with Crippen molar-refractivity contribution in [3.8, 4) is 0 Å². The lowest BCUT2D eigenvalue weighted by atomic mass is 10.1. The van der Waals surface area contributed by atoms with Gasteiger partial charge in [-0.2, -0.15) is 0 Å². The van der Waals surface area contributed by atoms with Crippen molar-refractivity contribution in [3.05, 3.63) is 35.6 Å². The molecule has 1 heterocycles. The number of furan rings is 1. The van der Waals surface area contributed by atoms with E-state index >= 15 is 0 Å². The molecule has 0 radical (unpaired) electrons. The minimum absolute atomic E-state index is 0.0293. The van der Waals surface area contributed by atoms with Crippen LogP contribution in [0.5, 0.6) is 0 Å². The first kappa shape index (κ1) is 18.0. The fourth-order valence-electron chi connectivity index (χ4n) is 2.28. The third kappa shape index (κ3) is 4.14. The Morgan fingerprint density at radius 1 is 1.21 bits per heavy atom. The molecule has 0 saturated carbocycles. The van der Waals surface area contributed by atoms with E-state index < -0.39 is 12.1 Å². The molecule has 2 aromatic rings. The summed E-state index contributed by atoms with van der Waals surface area (Å²) >= 11 is 0. The van der Waals surface area contributed by atoms with E-state index in [9.17, 15) is 9.59 Å². The van der Waals surface area contributed by atoms with Crippen LogP contribution in [0.2, 0.25) is 0 Å². The number of amides is 1. The Balaban J connectivity index is 2.23. The van der Waals surface area contributed by atoms with Crippen molar-refractivity contribution in [2.24, 2.45) is 0 Å². The van der Waals surface area contributed by atoms with E-state index in [0.29, 0.717) is 17.8 Å². The Bertz CT molecular complexity index is 719. The van der Waals surface area contributed by atoms with Crippen molar-refractivity contribution in [2.75, 3.05) is 6.61 Å². The van der Waals surface area contributed by atoms with Crippen molar-refractivity contribution < 1.29 is 23.5 Å². The molecule has 6 heteroatoms. The average Bonchev–Trinajstić information content (AvgIpc) is 2.91. The van der Waals surface area contributed by atoms with Gasteiger partial charge in [-0.05, 0) is 33.8 Å². The molecule has 1 aromatic heterocycles. The highest BCUT2D eigenvalue weighted by Gasteiger charge is 2.26. The van der Waals surface area contributed by atoms with E-state index in [4.69, 9.17) is 13.9 Å². The minimum atomic E-state index is -0.909. The lowest BCUT2D eigenvalue weighted by molar-refractivity contribution is -0.129. The predicted molar refractivity (Wildman–Crippen MR) is 89.7 cm³/mol. The van der Waals surface area contributed by atoms with Crippen LogP contribution in [0.15, 0.2) is 28.7 Å². The van der Waals surface area contributed by atoms with E-state index in [-0.39, 0.29) is 24.3 Å². The molecule has 0 saturated heterocycles. The van der Waals surface area contributed by atoms with E-state index in [1.54, 1.807) is 6.07 Å². The van der Waals surface area contributed by atoms with E-state index in [1.165, 1.54) is 6.92 Å². The second kappa shape index (κ2) is 7.97. The number of para-hydroxylation sites is 1. The van der Waals surface area contributed by atoms with Gasteiger partial charge in [-0.1, -0.05) is 18.2 Å². The zero-order chi connectivity index (χ0) is 17.7. The second-order valence-corrected chi connectivity index (χ2v) is 5.75. The van der Waals surface area contributed by atoms with Gasteiger partial charge in [0.1, 0.15) is 5.58 Å². The summed E-state index contributed by atoms with van der Waals surface area (Å²) in [6.07, 6.45) is -0.909. The number of hydrogen-bond acceptors (Lipinski definition) is 5. The summed E-state index contributed by atoms with van der Waals surface area (Å²) in [5.41, 5.74) is 1.22. The standard InChI is InChI=1S/C18H23NO5/c1-5-22-10-14-13-8-6-7-9-15(13)24-16(14)18(21)23-12(4)17(20)19-11(2)3/h6-9,11-12H,5,10H2,1-4H3,(H,19,20)/t12-/m1/s1. The van der Waals surface area contributed by atoms with Crippen molar-refractivity contribution in [1.29, 1.82) is 0 Å². The molecule has 24 heavy (non-hydrogen) atoms. The number of ether oxygens (including phenoxy) is 2. The lowest BCUT2D eigenvalue weighted by Crippen LogP contribution is -2.39. The number of carbonyl (C=O) groups is 2. The van der Waals surface area contributed by atoms with Crippen molar-refractivity contribution in [2.45, 2.75) is 46.4 Å². The highest BCUT2D eigenvalue weighted by molar-refractivity contribution is 5.97. The zero-order valence-corrected chi connectivity index (χ0v) is 14.4. The molecule has 6 nitrogen and oxygen atoms in total. The molecule has 1 N–H and O–H groups in total. The predicted octanol–water partition coefficient (Wildman–Crippen LogP) is 3.04. The van der Waals surface area contributed by atoms with E-state index in [0.717, 1.165) is 5.39 Å². The normalized spacial score (nSPS) is 12.4. The van der Waals surface area contributed by atoms with Crippen molar-refractivity contribution in [1.82, 2.24) is 5.32 Å². The van der Waals surface area contributed by atoms with Gasteiger partial charge in [0, 0.05) is 23.6 Å². The van der Waals surface area contributed by atoms with Gasteiger partial charge >= 0.3 is 5.97 Å². The first-order valence-corrected chi connectivity index (χ1v) is 8.03. The van der Waals surface area contributed by atoms with Gasteiger partial charge in [0.05, 0.1) is 6.61 Å². The third-order valence-electron chi connectivity index (χ3n) is 3.42.